The quantitative estimate of drug-likeness (QED) is 0.876. The molecule has 0 spiro atoms. The molecule has 1 atom stereocenters. The maximum Gasteiger partial charge on any atom is 0.0766 e. The fraction of sp³-hybridized carbons (Fsp3) is 0.769. The zero-order valence-electron chi connectivity index (χ0n) is 11.8. The Bertz CT molecular complexity index is 402. The number of hydrogen-bond acceptors (Lipinski definition) is 3. The molecule has 1 N–H and O–H groups in total. The highest BCUT2D eigenvalue weighted by Gasteiger charge is 2.23. The van der Waals surface area contributed by atoms with Crippen molar-refractivity contribution in [3.05, 3.63) is 15.9 Å². The first-order chi connectivity index (χ1) is 8.30. The summed E-state index contributed by atoms with van der Waals surface area (Å²) in [6, 6.07) is 0. The Kier molecular flexibility index (Phi) is 5.37. The summed E-state index contributed by atoms with van der Waals surface area (Å²) >= 11 is 3.56. The molecule has 5 heteroatoms. The van der Waals surface area contributed by atoms with Gasteiger partial charge in [-0.2, -0.15) is 5.10 Å². The molecule has 0 fully saturated rings. The van der Waals surface area contributed by atoms with Crippen molar-refractivity contribution in [1.29, 1.82) is 0 Å². The molecular weight excluding hydrogens is 296 g/mol. The number of aromatic nitrogens is 2. The topological polar surface area (TPSA) is 47.3 Å². The van der Waals surface area contributed by atoms with E-state index in [1.54, 1.807) is 7.11 Å². The van der Waals surface area contributed by atoms with Gasteiger partial charge in [0.15, 0.2) is 0 Å². The predicted molar refractivity (Wildman–Crippen MR) is 75.7 cm³/mol. The number of nitrogens with zero attached hydrogens (tertiary/aromatic N) is 2. The molecule has 0 amide bonds. The lowest BCUT2D eigenvalue weighted by atomic mass is 9.98. The van der Waals surface area contributed by atoms with Gasteiger partial charge in [0, 0.05) is 27.0 Å². The molecule has 1 unspecified atom stereocenters. The first-order valence-corrected chi connectivity index (χ1v) is 7.03. The molecule has 1 heterocycles. The van der Waals surface area contributed by atoms with Crippen molar-refractivity contribution in [3.8, 4) is 0 Å². The Hall–Kier alpha value is -0.390. The van der Waals surface area contributed by atoms with Crippen LogP contribution in [0.15, 0.2) is 4.47 Å². The van der Waals surface area contributed by atoms with Crippen LogP contribution in [-0.4, -0.2) is 33.7 Å². The summed E-state index contributed by atoms with van der Waals surface area (Å²) < 4.78 is 8.19. The van der Waals surface area contributed by atoms with E-state index in [0.29, 0.717) is 12.8 Å². The molecular formula is C13H23BrN2O2. The monoisotopic (exact) mass is 318 g/mol. The van der Waals surface area contributed by atoms with Gasteiger partial charge in [-0.25, -0.2) is 0 Å². The first kappa shape index (κ1) is 15.7. The van der Waals surface area contributed by atoms with Crippen LogP contribution in [0, 0.1) is 0 Å². The van der Waals surface area contributed by atoms with Crippen LogP contribution in [0.2, 0.25) is 0 Å². The molecule has 1 rings (SSSR count). The van der Waals surface area contributed by atoms with Gasteiger partial charge in [-0.15, -0.1) is 0 Å². The molecule has 18 heavy (non-hydrogen) atoms. The number of aryl methyl sites for hydroxylation is 2. The Morgan fingerprint density at radius 1 is 1.50 bits per heavy atom. The van der Waals surface area contributed by atoms with Crippen LogP contribution in [0.1, 0.15) is 38.6 Å². The first-order valence-electron chi connectivity index (χ1n) is 6.24. The summed E-state index contributed by atoms with van der Waals surface area (Å²) in [5.41, 5.74) is 1.76. The Morgan fingerprint density at radius 2 is 2.11 bits per heavy atom. The third-order valence-electron chi connectivity index (χ3n) is 3.21. The second-order valence-electron chi connectivity index (χ2n) is 5.21. The van der Waals surface area contributed by atoms with Crippen molar-refractivity contribution in [2.45, 2.75) is 51.7 Å². The van der Waals surface area contributed by atoms with E-state index in [1.807, 2.05) is 25.6 Å². The third kappa shape index (κ3) is 3.80. The number of methoxy groups -OCH3 is 1. The minimum atomic E-state index is -0.434. The second kappa shape index (κ2) is 6.17. The Labute approximate surface area is 117 Å². The highest BCUT2D eigenvalue weighted by Crippen LogP contribution is 2.25. The number of aliphatic hydroxyl groups excluding tert-OH is 1. The molecule has 0 aliphatic rings. The van der Waals surface area contributed by atoms with Crippen molar-refractivity contribution in [2.24, 2.45) is 7.05 Å². The molecule has 0 radical (unpaired) electrons. The smallest absolute Gasteiger partial charge is 0.0766 e. The van der Waals surface area contributed by atoms with E-state index in [-0.39, 0.29) is 5.60 Å². The van der Waals surface area contributed by atoms with Crippen LogP contribution in [0.4, 0.5) is 0 Å². The predicted octanol–water partition coefficient (Wildman–Crippen LogP) is 2.46. The van der Waals surface area contributed by atoms with Crippen molar-refractivity contribution in [2.75, 3.05) is 7.11 Å². The maximum absolute atomic E-state index is 10.2. The van der Waals surface area contributed by atoms with Crippen LogP contribution >= 0.6 is 15.9 Å². The molecule has 0 aliphatic carbocycles. The van der Waals surface area contributed by atoms with Crippen LogP contribution in [0.5, 0.6) is 0 Å². The van der Waals surface area contributed by atoms with Gasteiger partial charge in [-0.3, -0.25) is 4.68 Å². The molecule has 4 nitrogen and oxygen atoms in total. The summed E-state index contributed by atoms with van der Waals surface area (Å²) in [4.78, 5) is 0. The van der Waals surface area contributed by atoms with Gasteiger partial charge in [-0.1, -0.05) is 6.92 Å². The zero-order chi connectivity index (χ0) is 13.9. The minimum Gasteiger partial charge on any atom is -0.393 e. The number of aliphatic hydroxyl groups is 1. The van der Waals surface area contributed by atoms with Gasteiger partial charge in [0.25, 0.3) is 0 Å². The van der Waals surface area contributed by atoms with Gasteiger partial charge >= 0.3 is 0 Å². The lowest BCUT2D eigenvalue weighted by Gasteiger charge is -2.25. The van der Waals surface area contributed by atoms with Gasteiger partial charge in [0.05, 0.1) is 27.6 Å². The molecule has 0 aromatic carbocycles. The number of ether oxygens (including phenoxy) is 1. The molecule has 0 saturated carbocycles. The van der Waals surface area contributed by atoms with Crippen molar-refractivity contribution >= 4 is 15.9 Å². The summed E-state index contributed by atoms with van der Waals surface area (Å²) in [5.74, 6) is 0. The normalized spacial score (nSPS) is 13.9. The van der Waals surface area contributed by atoms with Crippen molar-refractivity contribution < 1.29 is 9.84 Å². The lowest BCUT2D eigenvalue weighted by molar-refractivity contribution is -0.0194. The number of rotatable bonds is 6. The standard InChI is InChI=1S/C13H23BrN2O2/c1-6-10-12(14)11(16(4)15-10)7-9(17)8-13(2,3)18-5/h9,17H,6-8H2,1-5H3. The van der Waals surface area contributed by atoms with Crippen LogP contribution < -0.4 is 0 Å². The molecule has 1 aromatic rings. The van der Waals surface area contributed by atoms with E-state index in [2.05, 4.69) is 28.0 Å². The molecule has 0 aliphatic heterocycles. The SMILES string of the molecule is CCc1nn(C)c(CC(O)CC(C)(C)OC)c1Br. The van der Waals surface area contributed by atoms with E-state index in [4.69, 9.17) is 4.74 Å². The lowest BCUT2D eigenvalue weighted by Crippen LogP contribution is -2.30. The van der Waals surface area contributed by atoms with E-state index in [1.165, 1.54) is 0 Å². The summed E-state index contributed by atoms with van der Waals surface area (Å²) in [5, 5.41) is 14.6. The van der Waals surface area contributed by atoms with E-state index < -0.39 is 6.10 Å². The molecule has 0 saturated heterocycles. The molecule has 1 aromatic heterocycles. The second-order valence-corrected chi connectivity index (χ2v) is 6.00. The number of halogens is 1. The molecule has 0 bridgehead atoms. The maximum atomic E-state index is 10.2. The van der Waals surface area contributed by atoms with Crippen LogP contribution in [0.25, 0.3) is 0 Å². The fourth-order valence-electron chi connectivity index (χ4n) is 1.99. The highest BCUT2D eigenvalue weighted by atomic mass is 79.9. The summed E-state index contributed by atoms with van der Waals surface area (Å²) in [6.07, 6.45) is 1.63. The summed E-state index contributed by atoms with van der Waals surface area (Å²) in [7, 11) is 3.58. The van der Waals surface area contributed by atoms with E-state index >= 15 is 0 Å². The van der Waals surface area contributed by atoms with Gasteiger partial charge in [0.2, 0.25) is 0 Å². The zero-order valence-corrected chi connectivity index (χ0v) is 13.4. The summed E-state index contributed by atoms with van der Waals surface area (Å²) in [6.45, 7) is 6.03. The largest absolute Gasteiger partial charge is 0.393 e. The Balaban J connectivity index is 2.76. The average Bonchev–Trinajstić information content (AvgIpc) is 2.56. The van der Waals surface area contributed by atoms with E-state index in [9.17, 15) is 5.11 Å². The minimum absolute atomic E-state index is 0.307. The van der Waals surface area contributed by atoms with Gasteiger partial charge in [-0.05, 0) is 36.2 Å². The van der Waals surface area contributed by atoms with E-state index in [0.717, 1.165) is 22.3 Å². The van der Waals surface area contributed by atoms with Crippen molar-refractivity contribution in [1.82, 2.24) is 9.78 Å². The van der Waals surface area contributed by atoms with Crippen LogP contribution in [0.3, 0.4) is 0 Å². The highest BCUT2D eigenvalue weighted by molar-refractivity contribution is 9.10. The van der Waals surface area contributed by atoms with Crippen molar-refractivity contribution in [3.63, 3.8) is 0 Å². The fourth-order valence-corrected chi connectivity index (χ4v) is 2.77. The average molecular weight is 319 g/mol. The van der Waals surface area contributed by atoms with Gasteiger partial charge < -0.3 is 9.84 Å². The van der Waals surface area contributed by atoms with Crippen LogP contribution in [-0.2, 0) is 24.6 Å². The number of hydrogen-bond donors (Lipinski definition) is 1. The third-order valence-corrected chi connectivity index (χ3v) is 4.13. The molecule has 104 valence electrons. The van der Waals surface area contributed by atoms with Gasteiger partial charge in [0.1, 0.15) is 0 Å². The Morgan fingerprint density at radius 3 is 2.56 bits per heavy atom.